The Labute approximate surface area is 313 Å². The maximum atomic E-state index is 7.26. The van der Waals surface area contributed by atoms with E-state index in [0.29, 0.717) is 0 Å². The second kappa shape index (κ2) is 11.6. The second-order valence-electron chi connectivity index (χ2n) is 14.9. The van der Waals surface area contributed by atoms with E-state index in [1.165, 1.54) is 33.4 Å². The van der Waals surface area contributed by atoms with Crippen LogP contribution in [0, 0.1) is 0 Å². The molecule has 3 nitrogen and oxygen atoms in total. The minimum Gasteiger partial charge on any atom is -0.456 e. The van der Waals surface area contributed by atoms with Crippen LogP contribution in [0.2, 0.25) is 0 Å². The monoisotopic (exact) mass is 693 g/mol. The summed E-state index contributed by atoms with van der Waals surface area (Å²) in [5.74, 6) is 0. The van der Waals surface area contributed by atoms with Crippen LogP contribution in [0.15, 0.2) is 185 Å². The van der Waals surface area contributed by atoms with E-state index < -0.39 is 0 Å². The van der Waals surface area contributed by atoms with Crippen LogP contribution in [0.5, 0.6) is 0 Å². The van der Waals surface area contributed by atoms with E-state index in [4.69, 9.17) is 8.83 Å². The molecule has 11 rings (SSSR count). The predicted octanol–water partition coefficient (Wildman–Crippen LogP) is 14.6. The van der Waals surface area contributed by atoms with E-state index >= 15 is 0 Å². The quantitative estimate of drug-likeness (QED) is 0.180. The van der Waals surface area contributed by atoms with Crippen LogP contribution in [0.25, 0.3) is 77.3 Å². The fourth-order valence-corrected chi connectivity index (χ4v) is 8.87. The van der Waals surface area contributed by atoms with E-state index in [1.54, 1.807) is 0 Å². The van der Waals surface area contributed by atoms with Crippen LogP contribution in [-0.4, -0.2) is 0 Å². The topological polar surface area (TPSA) is 29.5 Å². The number of rotatable bonds is 5. The van der Waals surface area contributed by atoms with Gasteiger partial charge in [-0.1, -0.05) is 141 Å². The number of furan rings is 2. The van der Waals surface area contributed by atoms with Crippen LogP contribution in [0.4, 0.5) is 17.1 Å². The van der Waals surface area contributed by atoms with Gasteiger partial charge in [-0.05, 0) is 87.5 Å². The molecule has 0 spiro atoms. The van der Waals surface area contributed by atoms with Crippen molar-refractivity contribution in [3.8, 4) is 33.4 Å². The molecule has 2 heterocycles. The molecule has 0 bridgehead atoms. The SMILES string of the molecule is CC1(C)c2ccccc2-c2ccc(-c3c4oc5c(N(c6ccccc6)c6ccc(-c7ccccc7)cc6)cccc5c4cc4oc5ccccc5c34)cc21. The van der Waals surface area contributed by atoms with E-state index in [0.717, 1.165) is 72.1 Å². The number of para-hydroxylation sites is 3. The third kappa shape index (κ3) is 4.48. The van der Waals surface area contributed by atoms with Crippen LogP contribution in [0.1, 0.15) is 25.0 Å². The van der Waals surface area contributed by atoms with Gasteiger partial charge in [0.2, 0.25) is 0 Å². The first-order valence-corrected chi connectivity index (χ1v) is 18.6. The molecule has 256 valence electrons. The highest BCUT2D eigenvalue weighted by molar-refractivity contribution is 6.24. The maximum Gasteiger partial charge on any atom is 0.159 e. The fourth-order valence-electron chi connectivity index (χ4n) is 8.87. The molecule has 8 aromatic carbocycles. The number of benzene rings is 8. The Balaban J connectivity index is 1.17. The fraction of sp³-hybridized carbons (Fsp3) is 0.0588. The summed E-state index contributed by atoms with van der Waals surface area (Å²) < 4.78 is 13.9. The molecule has 0 unspecified atom stereocenters. The summed E-state index contributed by atoms with van der Waals surface area (Å²) in [4.78, 5) is 2.30. The van der Waals surface area contributed by atoms with E-state index in [1.807, 2.05) is 6.07 Å². The molecular formula is C51H35NO2. The molecule has 1 aliphatic rings. The smallest absolute Gasteiger partial charge is 0.159 e. The average molecular weight is 694 g/mol. The zero-order valence-electron chi connectivity index (χ0n) is 30.0. The van der Waals surface area contributed by atoms with Gasteiger partial charge in [0, 0.05) is 43.9 Å². The summed E-state index contributed by atoms with van der Waals surface area (Å²) in [5.41, 5.74) is 16.2. The van der Waals surface area contributed by atoms with Crippen molar-refractivity contribution < 1.29 is 8.83 Å². The summed E-state index contributed by atoms with van der Waals surface area (Å²) in [5, 5.41) is 4.23. The molecule has 54 heavy (non-hydrogen) atoms. The van der Waals surface area contributed by atoms with Crippen molar-refractivity contribution in [2.75, 3.05) is 4.90 Å². The molecule has 0 saturated heterocycles. The zero-order chi connectivity index (χ0) is 36.0. The van der Waals surface area contributed by atoms with Crippen LogP contribution < -0.4 is 4.90 Å². The third-order valence-electron chi connectivity index (χ3n) is 11.5. The lowest BCUT2D eigenvalue weighted by Crippen LogP contribution is -2.14. The third-order valence-corrected chi connectivity index (χ3v) is 11.5. The van der Waals surface area contributed by atoms with Gasteiger partial charge in [0.25, 0.3) is 0 Å². The Morgan fingerprint density at radius 2 is 1.07 bits per heavy atom. The summed E-state index contributed by atoms with van der Waals surface area (Å²) in [6, 6.07) is 62.6. The lowest BCUT2D eigenvalue weighted by atomic mass is 9.81. The van der Waals surface area contributed by atoms with Crippen molar-refractivity contribution in [3.63, 3.8) is 0 Å². The van der Waals surface area contributed by atoms with Crippen molar-refractivity contribution in [1.29, 1.82) is 0 Å². The van der Waals surface area contributed by atoms with Crippen molar-refractivity contribution >= 4 is 60.9 Å². The molecule has 10 aromatic rings. The van der Waals surface area contributed by atoms with Gasteiger partial charge in [-0.3, -0.25) is 0 Å². The average Bonchev–Trinajstić information content (AvgIpc) is 3.86. The Morgan fingerprint density at radius 3 is 1.91 bits per heavy atom. The Morgan fingerprint density at radius 1 is 0.426 bits per heavy atom. The lowest BCUT2D eigenvalue weighted by molar-refractivity contribution is 0.660. The first kappa shape index (κ1) is 30.8. The van der Waals surface area contributed by atoms with Gasteiger partial charge in [-0.2, -0.15) is 0 Å². The lowest BCUT2D eigenvalue weighted by Gasteiger charge is -2.25. The van der Waals surface area contributed by atoms with Crippen molar-refractivity contribution in [2.45, 2.75) is 19.3 Å². The highest BCUT2D eigenvalue weighted by Crippen LogP contribution is 2.52. The number of anilines is 3. The van der Waals surface area contributed by atoms with Gasteiger partial charge in [0.1, 0.15) is 16.7 Å². The standard InChI is InChI=1S/C51H35NO2/c1-51(2)42-21-11-9-18-37(42)38-29-26-34(30-43(38)51)47-48-40-19-10-12-23-45(40)53-46(48)31-41-39-20-13-22-44(49(39)54-50(41)47)52(35-16-7-4-8-17-35)36-27-24-33(25-28-36)32-14-5-3-6-15-32/h3-31H,1-2H3. The molecule has 0 aliphatic heterocycles. The highest BCUT2D eigenvalue weighted by atomic mass is 16.3. The molecule has 0 fully saturated rings. The van der Waals surface area contributed by atoms with Gasteiger partial charge in [0.05, 0.1) is 5.69 Å². The molecule has 0 amide bonds. The zero-order valence-corrected chi connectivity index (χ0v) is 30.0. The van der Waals surface area contributed by atoms with Crippen molar-refractivity contribution in [2.24, 2.45) is 0 Å². The van der Waals surface area contributed by atoms with Crippen molar-refractivity contribution in [1.82, 2.24) is 0 Å². The molecule has 0 N–H and O–H groups in total. The summed E-state index contributed by atoms with van der Waals surface area (Å²) >= 11 is 0. The Hall–Kier alpha value is -6.84. The maximum absolute atomic E-state index is 7.26. The minimum atomic E-state index is -0.138. The number of nitrogens with zero attached hydrogens (tertiary/aromatic N) is 1. The molecule has 0 radical (unpaired) electrons. The molecule has 2 aromatic heterocycles. The molecular weight excluding hydrogens is 659 g/mol. The van der Waals surface area contributed by atoms with Gasteiger partial charge in [-0.15, -0.1) is 0 Å². The first-order valence-electron chi connectivity index (χ1n) is 18.6. The van der Waals surface area contributed by atoms with Gasteiger partial charge < -0.3 is 13.7 Å². The molecule has 3 heteroatoms. The molecule has 0 saturated carbocycles. The Bertz CT molecular complexity index is 3060. The summed E-state index contributed by atoms with van der Waals surface area (Å²) in [7, 11) is 0. The van der Waals surface area contributed by atoms with Gasteiger partial charge in [0.15, 0.2) is 5.58 Å². The van der Waals surface area contributed by atoms with Crippen LogP contribution >= 0.6 is 0 Å². The second-order valence-corrected chi connectivity index (χ2v) is 14.9. The molecule has 0 atom stereocenters. The number of fused-ring (bicyclic) bond motifs is 9. The Kier molecular flexibility index (Phi) is 6.60. The number of hydrogen-bond acceptors (Lipinski definition) is 3. The predicted molar refractivity (Wildman–Crippen MR) is 224 cm³/mol. The van der Waals surface area contributed by atoms with E-state index in [2.05, 4.69) is 189 Å². The first-order chi connectivity index (χ1) is 26.5. The van der Waals surface area contributed by atoms with E-state index in [-0.39, 0.29) is 5.41 Å². The van der Waals surface area contributed by atoms with Gasteiger partial charge in [-0.25, -0.2) is 0 Å². The minimum absolute atomic E-state index is 0.138. The highest BCUT2D eigenvalue weighted by Gasteiger charge is 2.36. The number of hydrogen-bond donors (Lipinski definition) is 0. The normalized spacial score (nSPS) is 13.1. The molecule has 1 aliphatic carbocycles. The summed E-state index contributed by atoms with van der Waals surface area (Å²) in [6.45, 7) is 4.67. The van der Waals surface area contributed by atoms with E-state index in [9.17, 15) is 0 Å². The van der Waals surface area contributed by atoms with Crippen LogP contribution in [-0.2, 0) is 5.41 Å². The van der Waals surface area contributed by atoms with Gasteiger partial charge >= 0.3 is 0 Å². The largest absolute Gasteiger partial charge is 0.456 e. The van der Waals surface area contributed by atoms with Crippen molar-refractivity contribution in [3.05, 3.63) is 187 Å². The summed E-state index contributed by atoms with van der Waals surface area (Å²) in [6.07, 6.45) is 0. The van der Waals surface area contributed by atoms with Crippen LogP contribution in [0.3, 0.4) is 0 Å².